The van der Waals surface area contributed by atoms with Crippen LogP contribution in [0.15, 0.2) is 250 Å². The molecule has 0 saturated heterocycles. The van der Waals surface area contributed by atoms with Crippen molar-refractivity contribution in [2.45, 2.75) is 26.2 Å². The highest BCUT2D eigenvalue weighted by Gasteiger charge is 2.26. The summed E-state index contributed by atoms with van der Waals surface area (Å²) in [5.41, 5.74) is 17.2. The molecular formula is C70H48N2O3. The standard InChI is InChI=1S/C70H48N2O3/c1-43-17-9-11-29-59(43)71(61-31-15-27-57-55-25-13-23-53(67(55)74-69(57)61)45-19-5-3-6-20-45)49-35-37-51-47(41-49)33-39-63-65(51)66-52-38-36-50(42-48(52)34-40-64(66)73-63)72(60-30-12-10-18-44(60)2)62-32-16-28-58-56-26-14-24-54(68(56)75-70(58)62)46-21-7-4-8-22-46/h3-21,23-42,46H,22H2,1-2H3. The van der Waals surface area contributed by atoms with Gasteiger partial charge in [0.2, 0.25) is 0 Å². The molecule has 0 aliphatic heterocycles. The normalized spacial score (nSPS) is 13.7. The third-order valence-corrected chi connectivity index (χ3v) is 15.6. The van der Waals surface area contributed by atoms with Crippen LogP contribution < -0.4 is 9.80 Å². The molecule has 1 unspecified atom stereocenters. The summed E-state index contributed by atoms with van der Waals surface area (Å²) in [7, 11) is 0. The molecule has 3 aromatic heterocycles. The van der Waals surface area contributed by atoms with E-state index in [1.54, 1.807) is 0 Å². The Hall–Kier alpha value is -9.58. The Labute approximate surface area is 433 Å². The van der Waals surface area contributed by atoms with Crippen LogP contribution in [0, 0.1) is 13.8 Å². The van der Waals surface area contributed by atoms with Gasteiger partial charge in [0, 0.05) is 72.1 Å². The zero-order valence-corrected chi connectivity index (χ0v) is 41.4. The Balaban J connectivity index is 0.885. The van der Waals surface area contributed by atoms with E-state index in [2.05, 4.69) is 260 Å². The molecule has 14 aromatic rings. The molecule has 15 rings (SSSR count). The summed E-state index contributed by atoms with van der Waals surface area (Å²) in [5.74, 6) is 0.262. The maximum Gasteiger partial charge on any atom is 0.159 e. The van der Waals surface area contributed by atoms with Crippen LogP contribution in [0.25, 0.3) is 98.5 Å². The lowest BCUT2D eigenvalue weighted by Gasteiger charge is -2.27. The van der Waals surface area contributed by atoms with E-state index in [4.69, 9.17) is 13.3 Å². The number of anilines is 6. The lowest BCUT2D eigenvalue weighted by atomic mass is 9.91. The number of para-hydroxylation sites is 6. The average molecular weight is 965 g/mol. The smallest absolute Gasteiger partial charge is 0.159 e. The Morgan fingerprint density at radius 3 is 1.47 bits per heavy atom. The maximum atomic E-state index is 7.07. The minimum Gasteiger partial charge on any atom is -0.456 e. The molecule has 11 aromatic carbocycles. The zero-order valence-electron chi connectivity index (χ0n) is 41.4. The van der Waals surface area contributed by atoms with Gasteiger partial charge in [-0.2, -0.15) is 0 Å². The van der Waals surface area contributed by atoms with Crippen molar-refractivity contribution in [3.05, 3.63) is 253 Å². The van der Waals surface area contributed by atoms with Crippen molar-refractivity contribution in [1.82, 2.24) is 0 Å². The first-order valence-corrected chi connectivity index (χ1v) is 25.8. The molecule has 0 N–H and O–H groups in total. The first-order valence-electron chi connectivity index (χ1n) is 25.8. The quantitative estimate of drug-likeness (QED) is 0.152. The molecule has 5 heteroatoms. The van der Waals surface area contributed by atoms with Gasteiger partial charge in [-0.3, -0.25) is 0 Å². The number of aryl methyl sites for hydroxylation is 2. The molecule has 1 aliphatic carbocycles. The van der Waals surface area contributed by atoms with E-state index in [-0.39, 0.29) is 5.92 Å². The van der Waals surface area contributed by atoms with Crippen molar-refractivity contribution in [2.75, 3.05) is 9.80 Å². The monoisotopic (exact) mass is 964 g/mol. The third-order valence-electron chi connectivity index (χ3n) is 15.6. The van der Waals surface area contributed by atoms with Gasteiger partial charge in [0.25, 0.3) is 0 Å². The molecule has 356 valence electrons. The summed E-state index contributed by atoms with van der Waals surface area (Å²) >= 11 is 0. The topological polar surface area (TPSA) is 45.9 Å². The maximum absolute atomic E-state index is 7.07. The highest BCUT2D eigenvalue weighted by molar-refractivity contribution is 6.27. The van der Waals surface area contributed by atoms with E-state index in [0.29, 0.717) is 0 Å². The van der Waals surface area contributed by atoms with Crippen LogP contribution in [0.5, 0.6) is 0 Å². The van der Waals surface area contributed by atoms with Crippen LogP contribution in [-0.4, -0.2) is 0 Å². The average Bonchev–Trinajstić information content (AvgIpc) is 4.18. The van der Waals surface area contributed by atoms with Crippen LogP contribution in [0.2, 0.25) is 0 Å². The molecule has 0 saturated carbocycles. The summed E-state index contributed by atoms with van der Waals surface area (Å²) in [6.45, 7) is 4.36. The fourth-order valence-electron chi connectivity index (χ4n) is 12.1. The van der Waals surface area contributed by atoms with E-state index in [1.807, 2.05) is 0 Å². The molecule has 75 heavy (non-hydrogen) atoms. The van der Waals surface area contributed by atoms with E-state index in [1.165, 1.54) is 11.1 Å². The second-order valence-electron chi connectivity index (χ2n) is 20.0. The summed E-state index contributed by atoms with van der Waals surface area (Å²) in [6.07, 6.45) is 9.75. The van der Waals surface area contributed by atoms with Gasteiger partial charge in [0.05, 0.1) is 11.4 Å². The minimum absolute atomic E-state index is 0.262. The fourth-order valence-corrected chi connectivity index (χ4v) is 12.1. The highest BCUT2D eigenvalue weighted by atomic mass is 16.3. The summed E-state index contributed by atoms with van der Waals surface area (Å²) < 4.78 is 20.8. The first kappa shape index (κ1) is 43.0. The second-order valence-corrected chi connectivity index (χ2v) is 20.0. The van der Waals surface area contributed by atoms with Crippen LogP contribution in [0.4, 0.5) is 34.1 Å². The molecule has 3 heterocycles. The summed E-state index contributed by atoms with van der Waals surface area (Å²) in [6, 6.07) is 76.1. The number of rotatable bonds is 8. The van der Waals surface area contributed by atoms with E-state index in [9.17, 15) is 0 Å². The van der Waals surface area contributed by atoms with Crippen molar-refractivity contribution < 1.29 is 13.3 Å². The minimum atomic E-state index is 0.262. The Bertz CT molecular complexity index is 4680. The number of benzene rings is 11. The van der Waals surface area contributed by atoms with Gasteiger partial charge in [-0.25, -0.2) is 0 Å². The molecule has 1 atom stereocenters. The van der Waals surface area contributed by atoms with Gasteiger partial charge in [-0.15, -0.1) is 0 Å². The largest absolute Gasteiger partial charge is 0.456 e. The van der Waals surface area contributed by atoms with Gasteiger partial charge in [0.15, 0.2) is 11.2 Å². The number of hydrogen-bond donors (Lipinski definition) is 0. The van der Waals surface area contributed by atoms with Crippen molar-refractivity contribution in [1.29, 1.82) is 0 Å². The Kier molecular flexibility index (Phi) is 9.76. The number of nitrogens with zero attached hydrogens (tertiary/aromatic N) is 2. The molecule has 0 radical (unpaired) electrons. The molecule has 0 bridgehead atoms. The lowest BCUT2D eigenvalue weighted by Crippen LogP contribution is -2.11. The second kappa shape index (κ2) is 17.0. The fraction of sp³-hybridized carbons (Fsp3) is 0.0571. The Morgan fingerprint density at radius 1 is 0.387 bits per heavy atom. The number of fused-ring (bicyclic) bond motifs is 13. The first-order chi connectivity index (χ1) is 37.0. The summed E-state index contributed by atoms with van der Waals surface area (Å²) in [4.78, 5) is 4.72. The zero-order chi connectivity index (χ0) is 49.7. The van der Waals surface area contributed by atoms with Gasteiger partial charge in [-0.05, 0) is 119 Å². The number of hydrogen-bond acceptors (Lipinski definition) is 5. The lowest BCUT2D eigenvalue weighted by molar-refractivity contribution is 0.657. The van der Waals surface area contributed by atoms with Crippen LogP contribution >= 0.6 is 0 Å². The molecule has 1 aliphatic rings. The van der Waals surface area contributed by atoms with Crippen LogP contribution in [-0.2, 0) is 0 Å². The number of allylic oxidation sites excluding steroid dienone is 4. The highest BCUT2D eigenvalue weighted by Crippen LogP contribution is 2.49. The van der Waals surface area contributed by atoms with Crippen LogP contribution in [0.1, 0.15) is 29.0 Å². The predicted molar refractivity (Wildman–Crippen MR) is 313 cm³/mol. The molecule has 5 nitrogen and oxygen atoms in total. The number of furan rings is 3. The van der Waals surface area contributed by atoms with E-state index >= 15 is 0 Å². The van der Waals surface area contributed by atoms with Crippen molar-refractivity contribution >= 4 is 121 Å². The molecule has 0 amide bonds. The predicted octanol–water partition coefficient (Wildman–Crippen LogP) is 20.5. The van der Waals surface area contributed by atoms with E-state index in [0.717, 1.165) is 145 Å². The molecule has 0 spiro atoms. The van der Waals surface area contributed by atoms with Gasteiger partial charge >= 0.3 is 0 Å². The molecular weight excluding hydrogens is 917 g/mol. The van der Waals surface area contributed by atoms with Crippen molar-refractivity contribution in [2.24, 2.45) is 0 Å². The van der Waals surface area contributed by atoms with Gasteiger partial charge in [-0.1, -0.05) is 176 Å². The Morgan fingerprint density at radius 2 is 0.893 bits per heavy atom. The SMILES string of the molecule is Cc1ccccc1N(c1ccc2c(ccc3oc4ccc5cc(N(c6ccccc6C)c6cccc7c6oc6c(C8C=CC=CC8)cccc67)ccc5c4c32)c1)c1cccc2c1oc1c(-c3ccccc3)cccc12. The molecule has 0 fully saturated rings. The summed E-state index contributed by atoms with van der Waals surface area (Å²) in [5, 5.41) is 11.1. The van der Waals surface area contributed by atoms with E-state index < -0.39 is 0 Å². The third kappa shape index (κ3) is 6.78. The van der Waals surface area contributed by atoms with Crippen molar-refractivity contribution in [3.8, 4) is 11.1 Å². The van der Waals surface area contributed by atoms with Crippen LogP contribution in [0.3, 0.4) is 0 Å². The van der Waals surface area contributed by atoms with Gasteiger partial charge in [0.1, 0.15) is 22.3 Å². The van der Waals surface area contributed by atoms with Gasteiger partial charge < -0.3 is 23.1 Å². The van der Waals surface area contributed by atoms with Crippen molar-refractivity contribution in [3.63, 3.8) is 0 Å².